The molecule has 110 valence electrons. The molecule has 2 aliphatic rings. The van der Waals surface area contributed by atoms with Gasteiger partial charge in [0.25, 0.3) is 0 Å². The summed E-state index contributed by atoms with van der Waals surface area (Å²) in [6.45, 7) is 0. The van der Waals surface area contributed by atoms with Crippen molar-refractivity contribution in [3.63, 3.8) is 0 Å². The lowest BCUT2D eigenvalue weighted by Gasteiger charge is -2.36. The zero-order valence-corrected chi connectivity index (χ0v) is 12.3. The lowest BCUT2D eigenvalue weighted by atomic mass is 9.69. The first-order chi connectivity index (χ1) is 10.2. The maximum absolute atomic E-state index is 12.3. The van der Waals surface area contributed by atoms with Crippen LogP contribution in [0.4, 0.5) is 0 Å². The van der Waals surface area contributed by atoms with Crippen LogP contribution in [0.2, 0.25) is 0 Å². The third-order valence-electron chi connectivity index (χ3n) is 5.19. The molecule has 2 saturated carbocycles. The summed E-state index contributed by atoms with van der Waals surface area (Å²) in [6, 6.07) is 13.1. The largest absolute Gasteiger partial charge is 0.352 e. The van der Waals surface area contributed by atoms with E-state index in [0.717, 1.165) is 44.9 Å². The third-order valence-corrected chi connectivity index (χ3v) is 5.19. The quantitative estimate of drug-likeness (QED) is 0.922. The van der Waals surface area contributed by atoms with Gasteiger partial charge in [-0.3, -0.25) is 4.79 Å². The van der Waals surface area contributed by atoms with Gasteiger partial charge in [0.15, 0.2) is 0 Å². The molecule has 1 aromatic carbocycles. The number of benzene rings is 1. The number of nitrogens with one attached hydrogen (secondary N) is 1. The van der Waals surface area contributed by atoms with Crippen LogP contribution in [0.3, 0.4) is 0 Å². The van der Waals surface area contributed by atoms with Crippen LogP contribution in [0.5, 0.6) is 0 Å². The molecule has 3 heteroatoms. The maximum atomic E-state index is 12.3. The van der Waals surface area contributed by atoms with Gasteiger partial charge < -0.3 is 5.32 Å². The van der Waals surface area contributed by atoms with Gasteiger partial charge in [0.05, 0.1) is 6.07 Å². The topological polar surface area (TPSA) is 52.9 Å². The predicted molar refractivity (Wildman–Crippen MR) is 81.5 cm³/mol. The Kier molecular flexibility index (Phi) is 3.96. The zero-order chi connectivity index (χ0) is 14.7. The first-order valence-electron chi connectivity index (χ1n) is 8.01. The first kappa shape index (κ1) is 14.1. The summed E-state index contributed by atoms with van der Waals surface area (Å²) >= 11 is 0. The fourth-order valence-electron chi connectivity index (χ4n) is 3.54. The van der Waals surface area contributed by atoms with E-state index < -0.39 is 5.41 Å². The smallest absolute Gasteiger partial charge is 0.240 e. The van der Waals surface area contributed by atoms with Gasteiger partial charge in [0.2, 0.25) is 5.91 Å². The zero-order valence-electron chi connectivity index (χ0n) is 12.3. The van der Waals surface area contributed by atoms with E-state index in [1.165, 1.54) is 5.56 Å². The highest BCUT2D eigenvalue weighted by Gasteiger charge is 2.45. The molecule has 3 rings (SSSR count). The number of rotatable bonds is 3. The van der Waals surface area contributed by atoms with Crippen LogP contribution in [0.1, 0.15) is 56.4 Å². The van der Waals surface area contributed by atoms with E-state index in [1.807, 2.05) is 0 Å². The third kappa shape index (κ3) is 2.81. The molecule has 2 aliphatic carbocycles. The predicted octanol–water partition coefficient (Wildman–Crippen LogP) is 3.52. The van der Waals surface area contributed by atoms with Crippen molar-refractivity contribution >= 4 is 5.91 Å². The van der Waals surface area contributed by atoms with Crippen molar-refractivity contribution in [1.82, 2.24) is 5.32 Å². The van der Waals surface area contributed by atoms with Crippen LogP contribution in [-0.4, -0.2) is 11.9 Å². The summed E-state index contributed by atoms with van der Waals surface area (Å²) in [6.07, 6.45) is 6.74. The van der Waals surface area contributed by atoms with Gasteiger partial charge in [-0.1, -0.05) is 30.3 Å². The van der Waals surface area contributed by atoms with Crippen LogP contribution in [0, 0.1) is 16.7 Å². The van der Waals surface area contributed by atoms with Crippen LogP contribution in [-0.2, 0) is 4.79 Å². The summed E-state index contributed by atoms with van der Waals surface area (Å²) in [7, 11) is 0. The number of carbonyl (C=O) groups excluding carboxylic acids is 1. The molecule has 1 amide bonds. The minimum atomic E-state index is -0.712. The summed E-state index contributed by atoms with van der Waals surface area (Å²) in [5.74, 6) is 0.590. The Balaban J connectivity index is 1.52. The van der Waals surface area contributed by atoms with Crippen LogP contribution < -0.4 is 5.32 Å². The Hall–Kier alpha value is -1.82. The average molecular weight is 282 g/mol. The van der Waals surface area contributed by atoms with Crippen LogP contribution in [0.15, 0.2) is 30.3 Å². The SMILES string of the molecule is N#CC1(C(=O)NC2CCC(c3ccccc3)CC2)CCC1. The molecule has 0 aliphatic heterocycles. The van der Waals surface area contributed by atoms with E-state index in [2.05, 4.69) is 41.7 Å². The molecule has 0 saturated heterocycles. The Bertz CT molecular complexity index is 534. The molecule has 21 heavy (non-hydrogen) atoms. The average Bonchev–Trinajstić information content (AvgIpc) is 2.48. The fraction of sp³-hybridized carbons (Fsp3) is 0.556. The molecule has 0 aromatic heterocycles. The maximum Gasteiger partial charge on any atom is 0.240 e. The number of hydrogen-bond donors (Lipinski definition) is 1. The number of nitriles is 1. The summed E-state index contributed by atoms with van der Waals surface area (Å²) in [4.78, 5) is 12.3. The van der Waals surface area contributed by atoms with Gasteiger partial charge in [-0.05, 0) is 56.4 Å². The van der Waals surface area contributed by atoms with Crippen LogP contribution >= 0.6 is 0 Å². The first-order valence-corrected chi connectivity index (χ1v) is 8.01. The summed E-state index contributed by atoms with van der Waals surface area (Å²) < 4.78 is 0. The Morgan fingerprint density at radius 1 is 1.14 bits per heavy atom. The van der Waals surface area contributed by atoms with Crippen LogP contribution in [0.25, 0.3) is 0 Å². The molecule has 0 radical (unpaired) electrons. The van der Waals surface area contributed by atoms with Gasteiger partial charge in [0.1, 0.15) is 5.41 Å². The van der Waals surface area contributed by atoms with E-state index in [1.54, 1.807) is 0 Å². The molecule has 0 spiro atoms. The highest BCUT2D eigenvalue weighted by Crippen LogP contribution is 2.41. The standard InChI is InChI=1S/C18H22N2O/c19-13-18(11-4-12-18)17(21)20-16-9-7-15(8-10-16)14-5-2-1-3-6-14/h1-3,5-6,15-16H,4,7-12H2,(H,20,21). The fourth-order valence-corrected chi connectivity index (χ4v) is 3.54. The number of carbonyl (C=O) groups is 1. The highest BCUT2D eigenvalue weighted by atomic mass is 16.2. The number of nitrogens with zero attached hydrogens (tertiary/aromatic N) is 1. The van der Waals surface area contributed by atoms with E-state index in [-0.39, 0.29) is 11.9 Å². The van der Waals surface area contributed by atoms with E-state index >= 15 is 0 Å². The second-order valence-electron chi connectivity index (χ2n) is 6.48. The normalized spacial score (nSPS) is 27.2. The molecule has 0 bridgehead atoms. The monoisotopic (exact) mass is 282 g/mol. The molecule has 1 aromatic rings. The second-order valence-corrected chi connectivity index (χ2v) is 6.48. The van der Waals surface area contributed by atoms with E-state index in [9.17, 15) is 10.1 Å². The molecular weight excluding hydrogens is 260 g/mol. The number of hydrogen-bond acceptors (Lipinski definition) is 2. The molecule has 0 unspecified atom stereocenters. The van der Waals surface area contributed by atoms with Crippen molar-refractivity contribution < 1.29 is 4.79 Å². The summed E-state index contributed by atoms with van der Waals surface area (Å²) in [5.41, 5.74) is 0.700. The molecular formula is C18H22N2O. The van der Waals surface area contributed by atoms with Gasteiger partial charge in [0, 0.05) is 6.04 Å². The van der Waals surface area contributed by atoms with Gasteiger partial charge in [-0.25, -0.2) is 0 Å². The Morgan fingerprint density at radius 2 is 1.81 bits per heavy atom. The lowest BCUT2D eigenvalue weighted by Crippen LogP contribution is -2.49. The molecule has 0 heterocycles. The van der Waals surface area contributed by atoms with Gasteiger partial charge >= 0.3 is 0 Å². The van der Waals surface area contributed by atoms with Crippen molar-refractivity contribution in [3.8, 4) is 6.07 Å². The molecule has 1 N–H and O–H groups in total. The van der Waals surface area contributed by atoms with E-state index in [4.69, 9.17) is 0 Å². The van der Waals surface area contributed by atoms with Gasteiger partial charge in [-0.2, -0.15) is 5.26 Å². The van der Waals surface area contributed by atoms with Crippen molar-refractivity contribution in [2.24, 2.45) is 5.41 Å². The number of amides is 1. The minimum absolute atomic E-state index is 0.0283. The molecule has 0 atom stereocenters. The molecule has 2 fully saturated rings. The van der Waals surface area contributed by atoms with Crippen molar-refractivity contribution in [3.05, 3.63) is 35.9 Å². The Morgan fingerprint density at radius 3 is 2.33 bits per heavy atom. The summed E-state index contributed by atoms with van der Waals surface area (Å²) in [5, 5.41) is 12.3. The van der Waals surface area contributed by atoms with Crippen molar-refractivity contribution in [2.75, 3.05) is 0 Å². The van der Waals surface area contributed by atoms with Crippen molar-refractivity contribution in [1.29, 1.82) is 5.26 Å². The second kappa shape index (κ2) is 5.89. The van der Waals surface area contributed by atoms with E-state index in [0.29, 0.717) is 5.92 Å². The van der Waals surface area contributed by atoms with Gasteiger partial charge in [-0.15, -0.1) is 0 Å². The highest BCUT2D eigenvalue weighted by molar-refractivity contribution is 5.86. The molecule has 3 nitrogen and oxygen atoms in total. The van der Waals surface area contributed by atoms with Crippen molar-refractivity contribution in [2.45, 2.75) is 56.9 Å². The minimum Gasteiger partial charge on any atom is -0.352 e. The Labute approximate surface area is 126 Å². The lowest BCUT2D eigenvalue weighted by molar-refractivity contribution is -0.132.